The normalized spacial score (nSPS) is 11.9. The number of rotatable bonds is 8. The minimum absolute atomic E-state index is 0.00651. The summed E-state index contributed by atoms with van der Waals surface area (Å²) < 4.78 is 0. The first kappa shape index (κ1) is 20.2. The average Bonchev–Trinajstić information content (AvgIpc) is 2.73. The van der Waals surface area contributed by atoms with Gasteiger partial charge in [-0.3, -0.25) is 4.79 Å². The highest BCUT2D eigenvalue weighted by atomic mass is 16.4. The molecule has 0 fully saturated rings. The van der Waals surface area contributed by atoms with E-state index >= 15 is 0 Å². The number of hydrogen-bond donors (Lipinski definition) is 2. The van der Waals surface area contributed by atoms with Crippen LogP contribution in [0.3, 0.4) is 0 Å². The Morgan fingerprint density at radius 1 is 1.03 bits per heavy atom. The Morgan fingerprint density at radius 2 is 1.69 bits per heavy atom. The van der Waals surface area contributed by atoms with Crippen LogP contribution in [0, 0.1) is 5.92 Å². The van der Waals surface area contributed by atoms with Crippen LogP contribution in [0.2, 0.25) is 0 Å². The molecule has 0 amide bonds. The van der Waals surface area contributed by atoms with E-state index in [1.165, 1.54) is 0 Å². The summed E-state index contributed by atoms with van der Waals surface area (Å²) in [6.07, 6.45) is 3.34. The molecule has 150 valence electrons. The van der Waals surface area contributed by atoms with Crippen LogP contribution < -0.4 is 10.2 Å². The lowest BCUT2D eigenvalue weighted by Crippen LogP contribution is -2.29. The zero-order chi connectivity index (χ0) is 20.8. The van der Waals surface area contributed by atoms with E-state index in [1.807, 2.05) is 62.2 Å². The van der Waals surface area contributed by atoms with Crippen molar-refractivity contribution in [1.29, 1.82) is 0 Å². The first-order chi connectivity index (χ1) is 13.9. The lowest BCUT2D eigenvalue weighted by atomic mass is 10.0. The van der Waals surface area contributed by atoms with Gasteiger partial charge in [0.25, 0.3) is 0 Å². The Kier molecular flexibility index (Phi) is 6.33. The third-order valence-corrected chi connectivity index (χ3v) is 4.51. The maximum absolute atomic E-state index is 11.1. The molecule has 29 heavy (non-hydrogen) atoms. The number of anilines is 3. The topological polar surface area (TPSA) is 104 Å². The smallest absolute Gasteiger partial charge is 0.305 e. The van der Waals surface area contributed by atoms with Gasteiger partial charge in [0.2, 0.25) is 5.95 Å². The van der Waals surface area contributed by atoms with Crippen LogP contribution >= 0.6 is 0 Å². The van der Waals surface area contributed by atoms with Crippen molar-refractivity contribution >= 4 is 23.6 Å². The Labute approximate surface area is 169 Å². The average molecular weight is 392 g/mol. The standard InChI is InChI=1S/C21H24N6O2/c1-14(2)16(13-19(28)29)24-21-23-12-10-18(26-21)27(3)17-9-11-22-20(25-17)15-7-5-4-6-8-15/h4-12,14,16H,13H2,1-3H3,(H,28,29)(H,23,24,26). The number of hydrogen-bond acceptors (Lipinski definition) is 7. The molecule has 1 aromatic carbocycles. The Balaban J connectivity index is 1.82. The maximum Gasteiger partial charge on any atom is 0.305 e. The van der Waals surface area contributed by atoms with Crippen molar-refractivity contribution in [3.05, 3.63) is 54.9 Å². The van der Waals surface area contributed by atoms with Crippen LogP contribution in [0.25, 0.3) is 11.4 Å². The predicted molar refractivity (Wildman–Crippen MR) is 112 cm³/mol. The summed E-state index contributed by atoms with van der Waals surface area (Å²) in [7, 11) is 1.86. The van der Waals surface area contributed by atoms with Crippen molar-refractivity contribution in [3.8, 4) is 11.4 Å². The molecule has 0 aliphatic heterocycles. The van der Waals surface area contributed by atoms with Crippen LogP contribution in [0.15, 0.2) is 54.9 Å². The van der Waals surface area contributed by atoms with E-state index in [9.17, 15) is 4.79 Å². The van der Waals surface area contributed by atoms with Crippen molar-refractivity contribution in [2.45, 2.75) is 26.3 Å². The molecule has 0 spiro atoms. The lowest BCUT2D eigenvalue weighted by molar-refractivity contribution is -0.137. The van der Waals surface area contributed by atoms with E-state index in [4.69, 9.17) is 5.11 Å². The van der Waals surface area contributed by atoms with Gasteiger partial charge >= 0.3 is 5.97 Å². The van der Waals surface area contributed by atoms with Crippen LogP contribution in [0.1, 0.15) is 20.3 Å². The van der Waals surface area contributed by atoms with Crippen molar-refractivity contribution in [3.63, 3.8) is 0 Å². The second-order valence-electron chi connectivity index (χ2n) is 6.99. The number of aliphatic carboxylic acids is 1. The summed E-state index contributed by atoms with van der Waals surface area (Å²) in [6, 6.07) is 13.1. The zero-order valence-corrected chi connectivity index (χ0v) is 16.6. The summed E-state index contributed by atoms with van der Waals surface area (Å²) >= 11 is 0. The number of carboxylic acids is 1. The number of carboxylic acid groups (broad SMARTS) is 1. The molecule has 8 heteroatoms. The van der Waals surface area contributed by atoms with E-state index < -0.39 is 5.97 Å². The van der Waals surface area contributed by atoms with E-state index in [2.05, 4.69) is 25.3 Å². The summed E-state index contributed by atoms with van der Waals surface area (Å²) in [6.45, 7) is 3.92. The molecule has 1 unspecified atom stereocenters. The van der Waals surface area contributed by atoms with Gasteiger partial charge in [-0.25, -0.2) is 15.0 Å². The monoisotopic (exact) mass is 392 g/mol. The van der Waals surface area contributed by atoms with Crippen LogP contribution in [-0.2, 0) is 4.79 Å². The van der Waals surface area contributed by atoms with Gasteiger partial charge in [0.15, 0.2) is 5.82 Å². The number of aromatic nitrogens is 4. The minimum atomic E-state index is -0.862. The highest BCUT2D eigenvalue weighted by molar-refractivity contribution is 5.68. The van der Waals surface area contributed by atoms with Gasteiger partial charge in [0.1, 0.15) is 11.6 Å². The Morgan fingerprint density at radius 3 is 2.34 bits per heavy atom. The van der Waals surface area contributed by atoms with E-state index in [0.29, 0.717) is 23.4 Å². The molecule has 1 atom stereocenters. The molecular weight excluding hydrogens is 368 g/mol. The highest BCUT2D eigenvalue weighted by Gasteiger charge is 2.19. The second kappa shape index (κ2) is 9.09. The van der Waals surface area contributed by atoms with Crippen LogP contribution in [-0.4, -0.2) is 44.1 Å². The largest absolute Gasteiger partial charge is 0.481 e. The summed E-state index contributed by atoms with van der Waals surface area (Å²) in [5.74, 6) is 1.59. The minimum Gasteiger partial charge on any atom is -0.481 e. The Bertz CT molecular complexity index is 964. The molecule has 0 saturated heterocycles. The van der Waals surface area contributed by atoms with E-state index in [0.717, 1.165) is 5.56 Å². The zero-order valence-electron chi connectivity index (χ0n) is 16.6. The molecule has 2 heterocycles. The molecule has 0 radical (unpaired) electrons. The molecule has 8 nitrogen and oxygen atoms in total. The summed E-state index contributed by atoms with van der Waals surface area (Å²) in [5.41, 5.74) is 0.932. The number of nitrogens with zero attached hydrogens (tertiary/aromatic N) is 5. The Hall–Kier alpha value is -3.55. The van der Waals surface area contributed by atoms with Crippen molar-refractivity contribution in [2.75, 3.05) is 17.3 Å². The fourth-order valence-electron chi connectivity index (χ4n) is 2.79. The third kappa shape index (κ3) is 5.25. The summed E-state index contributed by atoms with van der Waals surface area (Å²) in [4.78, 5) is 30.7. The lowest BCUT2D eigenvalue weighted by Gasteiger charge is -2.22. The van der Waals surface area contributed by atoms with Gasteiger partial charge in [-0.05, 0) is 18.1 Å². The van der Waals surface area contributed by atoms with Crippen LogP contribution in [0.4, 0.5) is 17.6 Å². The van der Waals surface area contributed by atoms with E-state index in [1.54, 1.807) is 18.5 Å². The predicted octanol–water partition coefficient (Wildman–Crippen LogP) is 3.61. The van der Waals surface area contributed by atoms with Crippen molar-refractivity contribution < 1.29 is 9.90 Å². The fourth-order valence-corrected chi connectivity index (χ4v) is 2.79. The molecule has 2 N–H and O–H groups in total. The van der Waals surface area contributed by atoms with Crippen LogP contribution in [0.5, 0.6) is 0 Å². The van der Waals surface area contributed by atoms with Gasteiger partial charge in [-0.15, -0.1) is 0 Å². The molecule has 3 rings (SSSR count). The molecule has 0 aliphatic carbocycles. The molecule has 0 aliphatic rings. The molecule has 0 bridgehead atoms. The van der Waals surface area contributed by atoms with Crippen molar-refractivity contribution in [2.24, 2.45) is 5.92 Å². The van der Waals surface area contributed by atoms with Crippen molar-refractivity contribution in [1.82, 2.24) is 19.9 Å². The molecule has 3 aromatic rings. The number of benzene rings is 1. The van der Waals surface area contributed by atoms with Gasteiger partial charge in [0, 0.05) is 31.0 Å². The highest BCUT2D eigenvalue weighted by Crippen LogP contribution is 2.23. The van der Waals surface area contributed by atoms with Gasteiger partial charge in [-0.2, -0.15) is 4.98 Å². The molecule has 0 saturated carbocycles. The third-order valence-electron chi connectivity index (χ3n) is 4.51. The molecular formula is C21H24N6O2. The fraction of sp³-hybridized carbons (Fsp3) is 0.286. The van der Waals surface area contributed by atoms with Gasteiger partial charge in [0.05, 0.1) is 6.42 Å². The number of carbonyl (C=O) groups is 1. The second-order valence-corrected chi connectivity index (χ2v) is 6.99. The van der Waals surface area contributed by atoms with E-state index in [-0.39, 0.29) is 18.4 Å². The van der Waals surface area contributed by atoms with Gasteiger partial charge < -0.3 is 15.3 Å². The van der Waals surface area contributed by atoms with Gasteiger partial charge in [-0.1, -0.05) is 44.2 Å². The summed E-state index contributed by atoms with van der Waals surface area (Å²) in [5, 5.41) is 12.3. The number of nitrogens with one attached hydrogen (secondary N) is 1. The first-order valence-corrected chi connectivity index (χ1v) is 9.37. The first-order valence-electron chi connectivity index (χ1n) is 9.37. The quantitative estimate of drug-likeness (QED) is 0.599. The SMILES string of the molecule is CC(C)C(CC(=O)O)Nc1nccc(N(C)c2ccnc(-c3ccccc3)n2)n1. The maximum atomic E-state index is 11.1. The molecule has 2 aromatic heterocycles.